The summed E-state index contributed by atoms with van der Waals surface area (Å²) in [4.78, 5) is 13.8. The summed E-state index contributed by atoms with van der Waals surface area (Å²) in [7, 11) is 0. The minimum atomic E-state index is 0.332. The fraction of sp³-hybridized carbons (Fsp3) is 0.923. The number of hydrogen-bond acceptors (Lipinski definition) is 2. The predicted molar refractivity (Wildman–Crippen MR) is 67.4 cm³/mol. The van der Waals surface area contributed by atoms with E-state index in [9.17, 15) is 4.79 Å². The van der Waals surface area contributed by atoms with Crippen LogP contribution in [0.1, 0.15) is 46.5 Å². The zero-order valence-electron chi connectivity index (χ0n) is 11.0. The highest BCUT2D eigenvalue weighted by molar-refractivity contribution is 5.76. The zero-order valence-corrected chi connectivity index (χ0v) is 11.0. The molecule has 1 amide bonds. The number of carbonyl (C=O) groups is 1. The number of amides is 1. The van der Waals surface area contributed by atoms with Crippen molar-refractivity contribution >= 4 is 5.91 Å². The van der Waals surface area contributed by atoms with Gasteiger partial charge in [-0.1, -0.05) is 20.8 Å². The van der Waals surface area contributed by atoms with E-state index in [1.54, 1.807) is 0 Å². The molecule has 0 aromatic heterocycles. The quantitative estimate of drug-likeness (QED) is 0.778. The van der Waals surface area contributed by atoms with Crippen molar-refractivity contribution in [3.05, 3.63) is 0 Å². The van der Waals surface area contributed by atoms with E-state index in [1.165, 1.54) is 6.42 Å². The van der Waals surface area contributed by atoms with Crippen molar-refractivity contribution in [2.45, 2.75) is 52.5 Å². The van der Waals surface area contributed by atoms with E-state index in [2.05, 4.69) is 26.1 Å². The molecule has 1 N–H and O–H groups in total. The summed E-state index contributed by atoms with van der Waals surface area (Å²) in [6, 6.07) is 0.511. The Labute approximate surface area is 99.6 Å². The van der Waals surface area contributed by atoms with E-state index in [0.29, 0.717) is 24.3 Å². The maximum absolute atomic E-state index is 11.8. The molecule has 0 aliphatic carbocycles. The Morgan fingerprint density at radius 3 is 2.88 bits per heavy atom. The third-order valence-corrected chi connectivity index (χ3v) is 3.05. The number of piperidine rings is 1. The van der Waals surface area contributed by atoms with Gasteiger partial charge in [0.25, 0.3) is 0 Å². The molecule has 1 rings (SSSR count). The Morgan fingerprint density at radius 1 is 1.50 bits per heavy atom. The van der Waals surface area contributed by atoms with Crippen molar-refractivity contribution in [1.82, 2.24) is 10.2 Å². The molecule has 0 aromatic carbocycles. The lowest BCUT2D eigenvalue weighted by atomic mass is 10.0. The molecule has 0 saturated carbocycles. The maximum Gasteiger partial charge on any atom is 0.222 e. The van der Waals surface area contributed by atoms with Crippen LogP contribution in [-0.4, -0.2) is 36.5 Å². The summed E-state index contributed by atoms with van der Waals surface area (Å²) in [5, 5.41) is 3.55. The van der Waals surface area contributed by atoms with Crippen molar-refractivity contribution in [3.8, 4) is 0 Å². The molecule has 94 valence electrons. The van der Waals surface area contributed by atoms with Crippen LogP contribution in [0, 0.1) is 5.92 Å². The number of nitrogens with one attached hydrogen (secondary N) is 1. The summed E-state index contributed by atoms with van der Waals surface area (Å²) >= 11 is 0. The lowest BCUT2D eigenvalue weighted by Gasteiger charge is -2.33. The van der Waals surface area contributed by atoms with Crippen LogP contribution < -0.4 is 5.32 Å². The smallest absolute Gasteiger partial charge is 0.222 e. The second kappa shape index (κ2) is 6.89. The number of carbonyl (C=O) groups excluding carboxylic acids is 1. The Balaban J connectivity index is 2.32. The molecule has 0 spiro atoms. The van der Waals surface area contributed by atoms with Gasteiger partial charge in [-0.25, -0.2) is 0 Å². The van der Waals surface area contributed by atoms with Gasteiger partial charge in [0.2, 0.25) is 5.91 Å². The van der Waals surface area contributed by atoms with Crippen LogP contribution in [0.2, 0.25) is 0 Å². The van der Waals surface area contributed by atoms with Gasteiger partial charge in [-0.2, -0.15) is 0 Å². The van der Waals surface area contributed by atoms with E-state index < -0.39 is 0 Å². The van der Waals surface area contributed by atoms with E-state index in [0.717, 1.165) is 32.5 Å². The molecule has 1 fully saturated rings. The minimum Gasteiger partial charge on any atom is -0.341 e. The van der Waals surface area contributed by atoms with Gasteiger partial charge in [0.1, 0.15) is 0 Å². The first-order valence-electron chi connectivity index (χ1n) is 6.64. The SMILES string of the molecule is CCCC(=O)N1CCCC(NCC(C)C)C1. The van der Waals surface area contributed by atoms with E-state index in [-0.39, 0.29) is 0 Å². The lowest BCUT2D eigenvalue weighted by molar-refractivity contribution is -0.132. The average Bonchev–Trinajstić information content (AvgIpc) is 2.27. The fourth-order valence-electron chi connectivity index (χ4n) is 2.14. The normalized spacial score (nSPS) is 21.5. The number of likely N-dealkylation sites (tertiary alicyclic amines) is 1. The average molecular weight is 226 g/mol. The lowest BCUT2D eigenvalue weighted by Crippen LogP contribution is -2.48. The summed E-state index contributed by atoms with van der Waals surface area (Å²) < 4.78 is 0. The van der Waals surface area contributed by atoms with Crippen LogP contribution in [0.25, 0.3) is 0 Å². The van der Waals surface area contributed by atoms with E-state index in [1.807, 2.05) is 4.90 Å². The van der Waals surface area contributed by atoms with Gasteiger partial charge in [-0.15, -0.1) is 0 Å². The molecule has 0 aromatic rings. The van der Waals surface area contributed by atoms with Crippen molar-refractivity contribution < 1.29 is 4.79 Å². The van der Waals surface area contributed by atoms with Crippen molar-refractivity contribution in [2.24, 2.45) is 5.92 Å². The predicted octanol–water partition coefficient (Wildman–Crippen LogP) is 2.02. The Kier molecular flexibility index (Phi) is 5.81. The van der Waals surface area contributed by atoms with Gasteiger partial charge in [-0.05, 0) is 31.7 Å². The topological polar surface area (TPSA) is 32.3 Å². The van der Waals surface area contributed by atoms with E-state index in [4.69, 9.17) is 0 Å². The van der Waals surface area contributed by atoms with Crippen molar-refractivity contribution in [2.75, 3.05) is 19.6 Å². The third-order valence-electron chi connectivity index (χ3n) is 3.05. The standard InChI is InChI=1S/C13H26N2O/c1-4-6-13(16)15-8-5-7-12(10-15)14-9-11(2)3/h11-12,14H,4-10H2,1-3H3. The first kappa shape index (κ1) is 13.5. The number of rotatable bonds is 5. The van der Waals surface area contributed by atoms with Gasteiger partial charge in [-0.3, -0.25) is 4.79 Å². The molecular weight excluding hydrogens is 200 g/mol. The van der Waals surface area contributed by atoms with Crippen LogP contribution in [-0.2, 0) is 4.79 Å². The highest BCUT2D eigenvalue weighted by atomic mass is 16.2. The summed E-state index contributed by atoms with van der Waals surface area (Å²) in [5.41, 5.74) is 0. The van der Waals surface area contributed by atoms with Gasteiger partial charge < -0.3 is 10.2 Å². The Hall–Kier alpha value is -0.570. The zero-order chi connectivity index (χ0) is 12.0. The van der Waals surface area contributed by atoms with E-state index >= 15 is 0 Å². The first-order chi connectivity index (χ1) is 7.63. The maximum atomic E-state index is 11.8. The number of hydrogen-bond donors (Lipinski definition) is 1. The molecule has 3 nitrogen and oxygen atoms in total. The summed E-state index contributed by atoms with van der Waals surface area (Å²) in [5.74, 6) is 1.01. The van der Waals surface area contributed by atoms with Crippen LogP contribution >= 0.6 is 0 Å². The molecular formula is C13H26N2O. The number of nitrogens with zero attached hydrogens (tertiary/aromatic N) is 1. The van der Waals surface area contributed by atoms with Crippen molar-refractivity contribution in [1.29, 1.82) is 0 Å². The first-order valence-corrected chi connectivity index (χ1v) is 6.64. The van der Waals surface area contributed by atoms with Gasteiger partial charge in [0.05, 0.1) is 0 Å². The molecule has 0 bridgehead atoms. The van der Waals surface area contributed by atoms with Crippen LogP contribution in [0.15, 0.2) is 0 Å². The highest BCUT2D eigenvalue weighted by Crippen LogP contribution is 2.12. The molecule has 16 heavy (non-hydrogen) atoms. The summed E-state index contributed by atoms with van der Waals surface area (Å²) in [6.07, 6.45) is 4.02. The monoisotopic (exact) mass is 226 g/mol. The second-order valence-corrected chi connectivity index (χ2v) is 5.23. The Bertz CT molecular complexity index is 216. The second-order valence-electron chi connectivity index (χ2n) is 5.23. The Morgan fingerprint density at radius 2 is 2.25 bits per heavy atom. The van der Waals surface area contributed by atoms with Crippen LogP contribution in [0.3, 0.4) is 0 Å². The molecule has 1 unspecified atom stereocenters. The summed E-state index contributed by atoms with van der Waals surface area (Å²) in [6.45, 7) is 9.42. The highest BCUT2D eigenvalue weighted by Gasteiger charge is 2.22. The molecule has 1 heterocycles. The van der Waals surface area contributed by atoms with Crippen molar-refractivity contribution in [3.63, 3.8) is 0 Å². The molecule has 1 saturated heterocycles. The largest absolute Gasteiger partial charge is 0.341 e. The third kappa shape index (κ3) is 4.52. The molecule has 0 radical (unpaired) electrons. The molecule has 1 atom stereocenters. The van der Waals surface area contributed by atoms with Crippen LogP contribution in [0.4, 0.5) is 0 Å². The minimum absolute atomic E-state index is 0.332. The van der Waals surface area contributed by atoms with Gasteiger partial charge in [0, 0.05) is 25.6 Å². The van der Waals surface area contributed by atoms with Gasteiger partial charge in [0.15, 0.2) is 0 Å². The molecule has 1 aliphatic rings. The van der Waals surface area contributed by atoms with Gasteiger partial charge >= 0.3 is 0 Å². The fourth-order valence-corrected chi connectivity index (χ4v) is 2.14. The van der Waals surface area contributed by atoms with Crippen LogP contribution in [0.5, 0.6) is 0 Å². The molecule has 1 aliphatic heterocycles. The molecule has 3 heteroatoms.